The van der Waals surface area contributed by atoms with E-state index in [2.05, 4.69) is 21.6 Å². The summed E-state index contributed by atoms with van der Waals surface area (Å²) in [5.41, 5.74) is 6.71. The molecule has 1 unspecified atom stereocenters. The van der Waals surface area contributed by atoms with Gasteiger partial charge in [0.25, 0.3) is 0 Å². The summed E-state index contributed by atoms with van der Waals surface area (Å²) in [6, 6.07) is 7.61. The minimum Gasteiger partial charge on any atom is -0.371 e. The predicted molar refractivity (Wildman–Crippen MR) is 112 cm³/mol. The molecule has 2 amide bonds. The largest absolute Gasteiger partial charge is 0.371 e. The van der Waals surface area contributed by atoms with Crippen molar-refractivity contribution in [2.75, 3.05) is 23.3 Å². The second kappa shape index (κ2) is 10.6. The number of carbonyl (C=O) groups excluding carboxylic acids is 2. The molecule has 148 valence electrons. The van der Waals surface area contributed by atoms with E-state index in [1.54, 1.807) is 20.8 Å². The third-order valence-corrected chi connectivity index (χ3v) is 4.06. The van der Waals surface area contributed by atoms with E-state index in [9.17, 15) is 9.59 Å². The van der Waals surface area contributed by atoms with Crippen molar-refractivity contribution in [3.8, 4) is 0 Å². The summed E-state index contributed by atoms with van der Waals surface area (Å²) in [6.45, 7) is 7.20. The highest BCUT2D eigenvalue weighted by atomic mass is 35.5. The van der Waals surface area contributed by atoms with E-state index in [1.807, 2.05) is 18.2 Å². The summed E-state index contributed by atoms with van der Waals surface area (Å²) in [7, 11) is 0. The molecular weight excluding hydrogens is 375 g/mol. The molecule has 4 N–H and O–H groups in total. The zero-order valence-electron chi connectivity index (χ0n) is 15.6. The molecule has 0 saturated carbocycles. The molecule has 26 heavy (non-hydrogen) atoms. The van der Waals surface area contributed by atoms with Gasteiger partial charge in [-0.05, 0) is 51.8 Å². The highest BCUT2D eigenvalue weighted by molar-refractivity contribution is 5.92. The van der Waals surface area contributed by atoms with Gasteiger partial charge in [-0.1, -0.05) is 6.07 Å². The molecule has 1 atom stereocenters. The average molecular weight is 405 g/mol. The molecule has 1 aromatic carbocycles. The monoisotopic (exact) mass is 404 g/mol. The molecule has 1 aliphatic heterocycles. The fourth-order valence-corrected chi connectivity index (χ4v) is 2.71. The first-order chi connectivity index (χ1) is 11.3. The van der Waals surface area contributed by atoms with Gasteiger partial charge in [-0.2, -0.15) is 0 Å². The van der Waals surface area contributed by atoms with Crippen LogP contribution in [0.5, 0.6) is 0 Å². The number of carbonyl (C=O) groups is 2. The fraction of sp³-hybridized carbons (Fsp3) is 0.556. The molecule has 1 heterocycles. The van der Waals surface area contributed by atoms with Crippen LogP contribution in [0.4, 0.5) is 11.4 Å². The van der Waals surface area contributed by atoms with Crippen molar-refractivity contribution in [2.45, 2.75) is 51.6 Å². The average Bonchev–Trinajstić information content (AvgIpc) is 3.00. The quantitative estimate of drug-likeness (QED) is 0.679. The Morgan fingerprint density at radius 1 is 1.23 bits per heavy atom. The van der Waals surface area contributed by atoms with Crippen molar-refractivity contribution in [3.63, 3.8) is 0 Å². The van der Waals surface area contributed by atoms with Gasteiger partial charge in [0.15, 0.2) is 0 Å². The van der Waals surface area contributed by atoms with Gasteiger partial charge in [-0.15, -0.1) is 24.8 Å². The van der Waals surface area contributed by atoms with Crippen LogP contribution in [0.25, 0.3) is 0 Å². The van der Waals surface area contributed by atoms with E-state index in [4.69, 9.17) is 5.73 Å². The van der Waals surface area contributed by atoms with Gasteiger partial charge in [0.1, 0.15) is 0 Å². The molecule has 1 saturated heterocycles. The Bertz CT molecular complexity index is 599. The number of hydrogen-bond acceptors (Lipinski definition) is 4. The molecule has 2 rings (SSSR count). The molecule has 0 aliphatic carbocycles. The summed E-state index contributed by atoms with van der Waals surface area (Å²) in [5.74, 6) is -0.393. The SMILES string of the molecule is CC(CC(=O)Nc1cccc(N2CCCC2)c1)NC(=O)C(C)(C)N.Cl.Cl. The van der Waals surface area contributed by atoms with Crippen LogP contribution >= 0.6 is 24.8 Å². The number of nitrogens with one attached hydrogen (secondary N) is 2. The molecule has 0 radical (unpaired) electrons. The third-order valence-electron chi connectivity index (χ3n) is 4.06. The summed E-state index contributed by atoms with van der Waals surface area (Å²) in [6.07, 6.45) is 2.63. The lowest BCUT2D eigenvalue weighted by Gasteiger charge is -2.22. The van der Waals surface area contributed by atoms with Crippen molar-refractivity contribution >= 4 is 48.0 Å². The number of anilines is 2. The van der Waals surface area contributed by atoms with Crippen LogP contribution < -0.4 is 21.3 Å². The van der Waals surface area contributed by atoms with Gasteiger partial charge in [0, 0.05) is 36.9 Å². The number of hydrogen-bond donors (Lipinski definition) is 3. The summed E-state index contributed by atoms with van der Waals surface area (Å²) < 4.78 is 0. The number of benzene rings is 1. The van der Waals surface area contributed by atoms with Crippen molar-refractivity contribution < 1.29 is 9.59 Å². The van der Waals surface area contributed by atoms with Crippen LogP contribution in [0.15, 0.2) is 24.3 Å². The van der Waals surface area contributed by atoms with E-state index >= 15 is 0 Å². The van der Waals surface area contributed by atoms with Crippen LogP contribution in [-0.2, 0) is 9.59 Å². The molecule has 8 heteroatoms. The Morgan fingerprint density at radius 3 is 2.42 bits per heavy atom. The minimum atomic E-state index is -0.950. The van der Waals surface area contributed by atoms with Crippen LogP contribution in [-0.4, -0.2) is 36.5 Å². The number of rotatable bonds is 6. The normalized spacial score (nSPS) is 14.7. The van der Waals surface area contributed by atoms with E-state index in [0.29, 0.717) is 0 Å². The van der Waals surface area contributed by atoms with Gasteiger partial charge in [-0.25, -0.2) is 0 Å². The molecule has 6 nitrogen and oxygen atoms in total. The molecule has 1 aliphatic rings. The van der Waals surface area contributed by atoms with Crippen molar-refractivity contribution in [1.82, 2.24) is 5.32 Å². The topological polar surface area (TPSA) is 87.5 Å². The predicted octanol–water partition coefficient (Wildman–Crippen LogP) is 2.70. The highest BCUT2D eigenvalue weighted by Crippen LogP contribution is 2.23. The van der Waals surface area contributed by atoms with Gasteiger partial charge < -0.3 is 21.3 Å². The van der Waals surface area contributed by atoms with Crippen molar-refractivity contribution in [1.29, 1.82) is 0 Å². The van der Waals surface area contributed by atoms with Crippen molar-refractivity contribution in [3.05, 3.63) is 24.3 Å². The maximum atomic E-state index is 12.2. The van der Waals surface area contributed by atoms with Crippen molar-refractivity contribution in [2.24, 2.45) is 5.73 Å². The smallest absolute Gasteiger partial charge is 0.239 e. The minimum absolute atomic E-state index is 0. The Balaban J connectivity index is 0.00000312. The molecule has 0 bridgehead atoms. The first-order valence-corrected chi connectivity index (χ1v) is 8.50. The number of halogens is 2. The zero-order chi connectivity index (χ0) is 17.7. The Kier molecular flexibility index (Phi) is 9.99. The zero-order valence-corrected chi connectivity index (χ0v) is 17.2. The van der Waals surface area contributed by atoms with Gasteiger partial charge in [0.2, 0.25) is 11.8 Å². The van der Waals surface area contributed by atoms with E-state index in [-0.39, 0.29) is 49.1 Å². The Morgan fingerprint density at radius 2 is 1.85 bits per heavy atom. The lowest BCUT2D eigenvalue weighted by Crippen LogP contribution is -2.52. The first-order valence-electron chi connectivity index (χ1n) is 8.50. The van der Waals surface area contributed by atoms with E-state index in [0.717, 1.165) is 24.5 Å². The summed E-state index contributed by atoms with van der Waals surface area (Å²) in [5, 5.41) is 5.66. The molecule has 0 spiro atoms. The van der Waals surface area contributed by atoms with Crippen LogP contribution in [0.3, 0.4) is 0 Å². The van der Waals surface area contributed by atoms with Crippen LogP contribution in [0.1, 0.15) is 40.0 Å². The Hall–Kier alpha value is -1.50. The van der Waals surface area contributed by atoms with E-state index < -0.39 is 5.54 Å². The van der Waals surface area contributed by atoms with Gasteiger partial charge >= 0.3 is 0 Å². The molecule has 1 fully saturated rings. The maximum absolute atomic E-state index is 12.2. The first kappa shape index (κ1) is 24.5. The van der Waals surface area contributed by atoms with E-state index in [1.165, 1.54) is 12.8 Å². The summed E-state index contributed by atoms with van der Waals surface area (Å²) >= 11 is 0. The standard InChI is InChI=1S/C18H28N4O2.2ClH/c1-13(20-17(24)18(2,3)19)11-16(23)21-14-7-6-8-15(12-14)22-9-4-5-10-22;;/h6-8,12-13H,4-5,9-11,19H2,1-3H3,(H,20,24)(H,21,23);2*1H. The second-order valence-corrected chi connectivity index (χ2v) is 7.09. The highest BCUT2D eigenvalue weighted by Gasteiger charge is 2.24. The van der Waals surface area contributed by atoms with Gasteiger partial charge in [-0.3, -0.25) is 9.59 Å². The number of nitrogens with two attached hydrogens (primary N) is 1. The second-order valence-electron chi connectivity index (χ2n) is 7.09. The summed E-state index contributed by atoms with van der Waals surface area (Å²) in [4.78, 5) is 26.3. The van der Waals surface area contributed by atoms with Crippen LogP contribution in [0.2, 0.25) is 0 Å². The van der Waals surface area contributed by atoms with Gasteiger partial charge in [0.05, 0.1) is 5.54 Å². The molecule has 0 aromatic heterocycles. The number of amides is 2. The lowest BCUT2D eigenvalue weighted by atomic mass is 10.1. The van der Waals surface area contributed by atoms with Crippen LogP contribution in [0, 0.1) is 0 Å². The molecule has 1 aromatic rings. The fourth-order valence-electron chi connectivity index (χ4n) is 2.71. The molecular formula is C18H30Cl2N4O2. The Labute approximate surface area is 168 Å². The maximum Gasteiger partial charge on any atom is 0.239 e. The lowest BCUT2D eigenvalue weighted by molar-refractivity contribution is -0.126. The number of nitrogens with zero attached hydrogens (tertiary/aromatic N) is 1. The third kappa shape index (κ3) is 7.40.